The standard InChI is InChI=1S/C15H31NO/c1-6-12-9-7-8-10-13(12)17-14(11(2)16)15(3,4)5/h11-14H,6-10,16H2,1-5H3. The lowest BCUT2D eigenvalue weighted by molar-refractivity contribution is -0.109. The molecule has 0 aromatic heterocycles. The van der Waals surface area contributed by atoms with Crippen LogP contribution in [0.5, 0.6) is 0 Å². The lowest BCUT2D eigenvalue weighted by Gasteiger charge is -2.40. The first-order chi connectivity index (χ1) is 7.86. The van der Waals surface area contributed by atoms with Crippen molar-refractivity contribution in [2.75, 3.05) is 0 Å². The van der Waals surface area contributed by atoms with Crippen molar-refractivity contribution in [1.29, 1.82) is 0 Å². The Morgan fingerprint density at radius 3 is 2.29 bits per heavy atom. The molecule has 0 bridgehead atoms. The lowest BCUT2D eigenvalue weighted by atomic mass is 9.82. The Kier molecular flexibility index (Phi) is 5.46. The van der Waals surface area contributed by atoms with Gasteiger partial charge < -0.3 is 10.5 Å². The fourth-order valence-electron chi connectivity index (χ4n) is 3.12. The summed E-state index contributed by atoms with van der Waals surface area (Å²) in [7, 11) is 0. The summed E-state index contributed by atoms with van der Waals surface area (Å²) in [5.41, 5.74) is 6.23. The Balaban J connectivity index is 2.65. The molecule has 2 nitrogen and oxygen atoms in total. The third kappa shape index (κ3) is 4.26. The smallest absolute Gasteiger partial charge is 0.0775 e. The highest BCUT2D eigenvalue weighted by molar-refractivity contribution is 4.85. The van der Waals surface area contributed by atoms with Crippen molar-refractivity contribution in [1.82, 2.24) is 0 Å². The van der Waals surface area contributed by atoms with Crippen LogP contribution in [0.15, 0.2) is 0 Å². The molecular weight excluding hydrogens is 210 g/mol. The van der Waals surface area contributed by atoms with E-state index in [4.69, 9.17) is 10.5 Å². The highest BCUT2D eigenvalue weighted by Gasteiger charge is 2.34. The summed E-state index contributed by atoms with van der Waals surface area (Å²) in [6, 6.07) is 0.106. The normalized spacial score (nSPS) is 30.0. The summed E-state index contributed by atoms with van der Waals surface area (Å²) in [5, 5.41) is 0. The summed E-state index contributed by atoms with van der Waals surface area (Å²) in [4.78, 5) is 0. The Labute approximate surface area is 107 Å². The first-order valence-electron chi connectivity index (χ1n) is 7.27. The van der Waals surface area contributed by atoms with Gasteiger partial charge in [-0.25, -0.2) is 0 Å². The molecule has 4 atom stereocenters. The second kappa shape index (κ2) is 6.19. The third-order valence-electron chi connectivity index (χ3n) is 4.02. The minimum atomic E-state index is 0.106. The average Bonchev–Trinajstić information content (AvgIpc) is 2.24. The van der Waals surface area contributed by atoms with Crippen molar-refractivity contribution in [2.24, 2.45) is 17.1 Å². The van der Waals surface area contributed by atoms with Gasteiger partial charge in [-0.2, -0.15) is 0 Å². The number of ether oxygens (including phenoxy) is 1. The predicted molar refractivity (Wildman–Crippen MR) is 74.0 cm³/mol. The second-order valence-electron chi connectivity index (χ2n) is 6.77. The van der Waals surface area contributed by atoms with Crippen LogP contribution in [0.3, 0.4) is 0 Å². The molecule has 0 heterocycles. The van der Waals surface area contributed by atoms with E-state index < -0.39 is 0 Å². The minimum absolute atomic E-state index is 0.106. The largest absolute Gasteiger partial charge is 0.373 e. The van der Waals surface area contributed by atoms with E-state index in [1.54, 1.807) is 0 Å². The summed E-state index contributed by atoms with van der Waals surface area (Å²) in [6.07, 6.45) is 7.08. The van der Waals surface area contributed by atoms with Gasteiger partial charge in [-0.15, -0.1) is 0 Å². The Morgan fingerprint density at radius 2 is 1.82 bits per heavy atom. The zero-order valence-corrected chi connectivity index (χ0v) is 12.3. The van der Waals surface area contributed by atoms with Gasteiger partial charge in [-0.1, -0.05) is 47.0 Å². The molecule has 0 amide bonds. The van der Waals surface area contributed by atoms with Gasteiger partial charge in [0, 0.05) is 6.04 Å². The van der Waals surface area contributed by atoms with Gasteiger partial charge in [0.2, 0.25) is 0 Å². The van der Waals surface area contributed by atoms with E-state index in [0.717, 1.165) is 5.92 Å². The van der Waals surface area contributed by atoms with Crippen molar-refractivity contribution >= 4 is 0 Å². The van der Waals surface area contributed by atoms with E-state index in [9.17, 15) is 0 Å². The van der Waals surface area contributed by atoms with Crippen LogP contribution in [0.25, 0.3) is 0 Å². The van der Waals surface area contributed by atoms with Crippen molar-refractivity contribution < 1.29 is 4.74 Å². The minimum Gasteiger partial charge on any atom is -0.373 e. The summed E-state index contributed by atoms with van der Waals surface area (Å²) in [5.74, 6) is 0.743. The highest BCUT2D eigenvalue weighted by atomic mass is 16.5. The molecule has 0 aromatic rings. The maximum atomic E-state index is 6.40. The SMILES string of the molecule is CCC1CCCCC1OC(C(C)N)C(C)(C)C. The number of nitrogens with two attached hydrogens (primary N) is 1. The lowest BCUT2D eigenvalue weighted by Crippen LogP contribution is -2.47. The van der Waals surface area contributed by atoms with Crippen LogP contribution < -0.4 is 5.73 Å². The van der Waals surface area contributed by atoms with Gasteiger partial charge >= 0.3 is 0 Å². The molecule has 4 unspecified atom stereocenters. The molecule has 1 rings (SSSR count). The van der Waals surface area contributed by atoms with E-state index in [1.165, 1.54) is 32.1 Å². The van der Waals surface area contributed by atoms with Gasteiger partial charge in [0.1, 0.15) is 0 Å². The zero-order chi connectivity index (χ0) is 13.1. The fourth-order valence-corrected chi connectivity index (χ4v) is 3.12. The van der Waals surface area contributed by atoms with Crippen LogP contribution in [0, 0.1) is 11.3 Å². The van der Waals surface area contributed by atoms with Crippen LogP contribution in [-0.4, -0.2) is 18.2 Å². The van der Waals surface area contributed by atoms with Crippen molar-refractivity contribution in [3.8, 4) is 0 Å². The van der Waals surface area contributed by atoms with Gasteiger partial charge in [0.05, 0.1) is 12.2 Å². The monoisotopic (exact) mass is 241 g/mol. The van der Waals surface area contributed by atoms with Crippen LogP contribution in [-0.2, 0) is 4.74 Å². The van der Waals surface area contributed by atoms with Crippen molar-refractivity contribution in [3.63, 3.8) is 0 Å². The second-order valence-corrected chi connectivity index (χ2v) is 6.77. The maximum Gasteiger partial charge on any atom is 0.0775 e. The van der Waals surface area contributed by atoms with Crippen LogP contribution in [0.4, 0.5) is 0 Å². The van der Waals surface area contributed by atoms with Gasteiger partial charge in [-0.05, 0) is 31.1 Å². The van der Waals surface area contributed by atoms with Crippen molar-refractivity contribution in [2.45, 2.75) is 85.0 Å². The summed E-state index contributed by atoms with van der Waals surface area (Å²) in [6.45, 7) is 11.0. The summed E-state index contributed by atoms with van der Waals surface area (Å²) >= 11 is 0. The molecule has 2 heteroatoms. The molecule has 0 aromatic carbocycles. The first kappa shape index (κ1) is 15.0. The fraction of sp³-hybridized carbons (Fsp3) is 1.00. The molecule has 1 aliphatic carbocycles. The molecule has 102 valence electrons. The van der Waals surface area contributed by atoms with E-state index in [0.29, 0.717) is 6.10 Å². The predicted octanol–water partition coefficient (Wildman–Crippen LogP) is 3.73. The van der Waals surface area contributed by atoms with Crippen LogP contribution in [0.2, 0.25) is 0 Å². The molecule has 0 spiro atoms. The quantitative estimate of drug-likeness (QED) is 0.814. The maximum absolute atomic E-state index is 6.40. The Hall–Kier alpha value is -0.0800. The highest BCUT2D eigenvalue weighted by Crippen LogP contribution is 2.34. The van der Waals surface area contributed by atoms with Gasteiger partial charge in [-0.3, -0.25) is 0 Å². The molecule has 0 aliphatic heterocycles. The molecule has 1 fully saturated rings. The van der Waals surface area contributed by atoms with E-state index in [1.807, 2.05) is 0 Å². The first-order valence-corrected chi connectivity index (χ1v) is 7.27. The van der Waals surface area contributed by atoms with Crippen LogP contribution >= 0.6 is 0 Å². The van der Waals surface area contributed by atoms with E-state index in [-0.39, 0.29) is 17.6 Å². The Bertz CT molecular complexity index is 219. The number of hydrogen-bond acceptors (Lipinski definition) is 2. The van der Waals surface area contributed by atoms with Gasteiger partial charge in [0.15, 0.2) is 0 Å². The number of hydrogen-bond donors (Lipinski definition) is 1. The summed E-state index contributed by atoms with van der Waals surface area (Å²) < 4.78 is 6.40. The molecule has 1 saturated carbocycles. The molecule has 1 aliphatic rings. The van der Waals surface area contributed by atoms with Crippen LogP contribution in [0.1, 0.15) is 66.7 Å². The van der Waals surface area contributed by atoms with E-state index >= 15 is 0 Å². The van der Waals surface area contributed by atoms with Crippen molar-refractivity contribution in [3.05, 3.63) is 0 Å². The molecule has 0 saturated heterocycles. The zero-order valence-electron chi connectivity index (χ0n) is 12.3. The van der Waals surface area contributed by atoms with Gasteiger partial charge in [0.25, 0.3) is 0 Å². The third-order valence-corrected chi connectivity index (χ3v) is 4.02. The number of rotatable bonds is 4. The molecule has 0 radical (unpaired) electrons. The Morgan fingerprint density at radius 1 is 1.24 bits per heavy atom. The molecule has 17 heavy (non-hydrogen) atoms. The molecule has 2 N–H and O–H groups in total. The topological polar surface area (TPSA) is 35.2 Å². The average molecular weight is 241 g/mol. The molecular formula is C15H31NO. The van der Waals surface area contributed by atoms with E-state index in [2.05, 4.69) is 34.6 Å².